The summed E-state index contributed by atoms with van der Waals surface area (Å²) in [4.78, 5) is 42.1. The van der Waals surface area contributed by atoms with E-state index in [4.69, 9.17) is 9.47 Å². The molecule has 0 unspecified atom stereocenters. The first-order chi connectivity index (χ1) is 18.2. The highest BCUT2D eigenvalue weighted by Gasteiger charge is 2.39. The zero-order valence-corrected chi connectivity index (χ0v) is 22.0. The minimum atomic E-state index is -0.506. The van der Waals surface area contributed by atoms with Crippen LogP contribution in [0, 0.1) is 5.82 Å². The Bertz CT molecular complexity index is 1170. The number of carbonyl (C=O) groups excluding carboxylic acids is 3. The Morgan fingerprint density at radius 1 is 1.16 bits per heavy atom. The van der Waals surface area contributed by atoms with Crippen LogP contribution in [0.5, 0.6) is 5.75 Å². The molecule has 2 aromatic carbocycles. The van der Waals surface area contributed by atoms with E-state index in [-0.39, 0.29) is 48.7 Å². The van der Waals surface area contributed by atoms with E-state index >= 15 is 0 Å². The summed E-state index contributed by atoms with van der Waals surface area (Å²) in [6.45, 7) is 1.76. The maximum atomic E-state index is 13.5. The first-order valence-corrected chi connectivity index (χ1v) is 12.9. The van der Waals surface area contributed by atoms with Crippen LogP contribution in [0.2, 0.25) is 0 Å². The normalized spacial score (nSPS) is 21.0. The predicted octanol–water partition coefficient (Wildman–Crippen LogP) is 2.92. The van der Waals surface area contributed by atoms with E-state index in [9.17, 15) is 18.8 Å². The number of amides is 3. The molecule has 4 rings (SSSR count). The fourth-order valence-electron chi connectivity index (χ4n) is 4.84. The maximum absolute atomic E-state index is 13.5. The van der Waals surface area contributed by atoms with E-state index in [2.05, 4.69) is 15.5 Å². The fourth-order valence-corrected chi connectivity index (χ4v) is 4.84. The Morgan fingerprint density at radius 2 is 1.97 bits per heavy atom. The van der Waals surface area contributed by atoms with Crippen LogP contribution in [0.25, 0.3) is 0 Å². The molecule has 0 bridgehead atoms. The van der Waals surface area contributed by atoms with Gasteiger partial charge in [-0.05, 0) is 76.3 Å². The molecule has 0 aromatic heterocycles. The molecule has 1 saturated heterocycles. The molecule has 38 heavy (non-hydrogen) atoms. The van der Waals surface area contributed by atoms with Crippen molar-refractivity contribution in [3.63, 3.8) is 0 Å². The largest absolute Gasteiger partial charge is 0.490 e. The molecule has 2 aromatic rings. The van der Waals surface area contributed by atoms with Crippen molar-refractivity contribution in [3.05, 3.63) is 59.4 Å². The second kappa shape index (κ2) is 12.4. The molecule has 2 aliphatic heterocycles. The third kappa shape index (κ3) is 6.87. The zero-order valence-electron chi connectivity index (χ0n) is 22.0. The molecule has 0 aliphatic carbocycles. The molecule has 204 valence electrons. The molecule has 2 heterocycles. The second-order valence-electron chi connectivity index (χ2n) is 10.1. The lowest BCUT2D eigenvalue weighted by Gasteiger charge is -2.42. The lowest BCUT2D eigenvalue weighted by atomic mass is 9.94. The van der Waals surface area contributed by atoms with Crippen molar-refractivity contribution in [2.45, 2.75) is 43.9 Å². The standard InChI is InChI=1S/C28H35FN4O5/c1-32(2)13-5-12-30-26(34)16-21-9-10-23-25(38-21)17-37-24-11-8-20(15-22(24)28(36)33(23)3)31-27(35)18-6-4-7-19(29)14-18/h4,6-8,11,14-15,21,23,25H,5,9-10,12-13,16-17H2,1-3H3,(H,30,34)(H,31,35)/t21-,23+,25+/m1/s1. The summed E-state index contributed by atoms with van der Waals surface area (Å²) in [5.74, 6) is -0.897. The molecule has 2 N–H and O–H groups in total. The van der Waals surface area contributed by atoms with Crippen molar-refractivity contribution in [2.24, 2.45) is 0 Å². The summed E-state index contributed by atoms with van der Waals surface area (Å²) < 4.78 is 25.7. The summed E-state index contributed by atoms with van der Waals surface area (Å²) >= 11 is 0. The number of carbonyl (C=O) groups is 3. The average Bonchev–Trinajstić information content (AvgIpc) is 2.89. The lowest BCUT2D eigenvalue weighted by molar-refractivity contribution is -0.134. The SMILES string of the molecule is CN(C)CCCNC(=O)C[C@H]1CC[C@H]2[C@H](COc3ccc(NC(=O)c4cccc(F)c4)cc3C(=O)N2C)O1. The van der Waals surface area contributed by atoms with Crippen LogP contribution in [0.3, 0.4) is 0 Å². The maximum Gasteiger partial charge on any atom is 0.257 e. The molecule has 9 nitrogen and oxygen atoms in total. The average molecular weight is 527 g/mol. The number of rotatable bonds is 8. The van der Waals surface area contributed by atoms with Crippen LogP contribution in [0.1, 0.15) is 46.4 Å². The number of benzene rings is 2. The summed E-state index contributed by atoms with van der Waals surface area (Å²) in [6, 6.07) is 10.0. The monoisotopic (exact) mass is 526 g/mol. The van der Waals surface area contributed by atoms with Crippen LogP contribution in [0.15, 0.2) is 42.5 Å². The molecule has 0 radical (unpaired) electrons. The predicted molar refractivity (Wildman–Crippen MR) is 141 cm³/mol. The molecule has 0 spiro atoms. The number of hydrogen-bond donors (Lipinski definition) is 2. The second-order valence-corrected chi connectivity index (χ2v) is 10.1. The first-order valence-electron chi connectivity index (χ1n) is 12.9. The van der Waals surface area contributed by atoms with Gasteiger partial charge in [-0.15, -0.1) is 0 Å². The molecule has 3 atom stereocenters. The van der Waals surface area contributed by atoms with Crippen LogP contribution in [-0.4, -0.2) is 86.6 Å². The van der Waals surface area contributed by atoms with Crippen LogP contribution in [-0.2, 0) is 9.53 Å². The smallest absolute Gasteiger partial charge is 0.257 e. The van der Waals surface area contributed by atoms with Gasteiger partial charge in [0.1, 0.15) is 24.3 Å². The number of ether oxygens (including phenoxy) is 2. The quantitative estimate of drug-likeness (QED) is 0.513. The molecule has 10 heteroatoms. The Labute approximate surface area is 222 Å². The number of anilines is 1. The summed E-state index contributed by atoms with van der Waals surface area (Å²) in [5, 5.41) is 5.66. The fraction of sp³-hybridized carbons (Fsp3) is 0.464. The van der Waals surface area contributed by atoms with Gasteiger partial charge in [-0.1, -0.05) is 6.07 Å². The minimum absolute atomic E-state index is 0.0402. The Balaban J connectivity index is 1.39. The van der Waals surface area contributed by atoms with Crippen molar-refractivity contribution < 1.29 is 28.2 Å². The van der Waals surface area contributed by atoms with Gasteiger partial charge in [0.15, 0.2) is 0 Å². The summed E-state index contributed by atoms with van der Waals surface area (Å²) in [5.41, 5.74) is 0.898. The van der Waals surface area contributed by atoms with E-state index in [1.165, 1.54) is 18.2 Å². The van der Waals surface area contributed by atoms with Gasteiger partial charge in [-0.25, -0.2) is 4.39 Å². The molecule has 3 amide bonds. The molecule has 0 saturated carbocycles. The van der Waals surface area contributed by atoms with Crippen molar-refractivity contribution in [1.82, 2.24) is 15.1 Å². The minimum Gasteiger partial charge on any atom is -0.490 e. The van der Waals surface area contributed by atoms with Crippen molar-refractivity contribution in [1.29, 1.82) is 0 Å². The van der Waals surface area contributed by atoms with E-state index in [1.807, 2.05) is 14.1 Å². The topological polar surface area (TPSA) is 100 Å². The number of likely N-dealkylation sites (N-methyl/N-ethyl adjacent to an activating group) is 1. The van der Waals surface area contributed by atoms with E-state index < -0.39 is 11.7 Å². The van der Waals surface area contributed by atoms with Gasteiger partial charge in [-0.3, -0.25) is 14.4 Å². The zero-order chi connectivity index (χ0) is 27.2. The summed E-state index contributed by atoms with van der Waals surface area (Å²) in [7, 11) is 5.73. The van der Waals surface area contributed by atoms with Gasteiger partial charge in [0.05, 0.1) is 24.1 Å². The van der Waals surface area contributed by atoms with Gasteiger partial charge in [0, 0.05) is 24.8 Å². The van der Waals surface area contributed by atoms with Gasteiger partial charge < -0.3 is 29.9 Å². The number of halogens is 1. The van der Waals surface area contributed by atoms with Gasteiger partial charge in [0.25, 0.3) is 11.8 Å². The van der Waals surface area contributed by atoms with Gasteiger partial charge in [0.2, 0.25) is 5.91 Å². The molecular weight excluding hydrogens is 491 g/mol. The molecule has 2 aliphatic rings. The van der Waals surface area contributed by atoms with E-state index in [0.29, 0.717) is 36.4 Å². The highest BCUT2D eigenvalue weighted by molar-refractivity contribution is 6.05. The number of nitrogens with one attached hydrogen (secondary N) is 2. The lowest BCUT2D eigenvalue weighted by Crippen LogP contribution is -2.54. The highest BCUT2D eigenvalue weighted by Crippen LogP contribution is 2.32. The van der Waals surface area contributed by atoms with Crippen molar-refractivity contribution in [3.8, 4) is 5.75 Å². The van der Waals surface area contributed by atoms with E-state index in [0.717, 1.165) is 19.0 Å². The first kappa shape index (κ1) is 27.5. The summed E-state index contributed by atoms with van der Waals surface area (Å²) in [6.07, 6.45) is 1.88. The third-order valence-electron chi connectivity index (χ3n) is 6.87. The third-order valence-corrected chi connectivity index (χ3v) is 6.87. The van der Waals surface area contributed by atoms with Crippen LogP contribution in [0.4, 0.5) is 10.1 Å². The Kier molecular flexibility index (Phi) is 8.96. The van der Waals surface area contributed by atoms with Crippen molar-refractivity contribution in [2.75, 3.05) is 46.2 Å². The van der Waals surface area contributed by atoms with Gasteiger partial charge >= 0.3 is 0 Å². The number of hydrogen-bond acceptors (Lipinski definition) is 6. The highest BCUT2D eigenvalue weighted by atomic mass is 19.1. The molecular formula is C28H35FN4O5. The van der Waals surface area contributed by atoms with Gasteiger partial charge in [-0.2, -0.15) is 0 Å². The number of nitrogens with zero attached hydrogens (tertiary/aromatic N) is 2. The Morgan fingerprint density at radius 3 is 2.74 bits per heavy atom. The van der Waals surface area contributed by atoms with Crippen LogP contribution >= 0.6 is 0 Å². The van der Waals surface area contributed by atoms with Crippen molar-refractivity contribution >= 4 is 23.4 Å². The van der Waals surface area contributed by atoms with Crippen LogP contribution < -0.4 is 15.4 Å². The van der Waals surface area contributed by atoms with E-state index in [1.54, 1.807) is 30.1 Å². The molecule has 1 fully saturated rings. The Hall–Kier alpha value is -3.50. The number of fused-ring (bicyclic) bond motifs is 2.